The van der Waals surface area contributed by atoms with Crippen molar-refractivity contribution in [2.75, 3.05) is 14.2 Å². The van der Waals surface area contributed by atoms with Crippen molar-refractivity contribution in [3.8, 4) is 22.6 Å². The first-order chi connectivity index (χ1) is 8.63. The fraction of sp³-hybridized carbons (Fsp3) is 0.154. The number of rotatable bonds is 3. The third kappa shape index (κ3) is 2.68. The van der Waals surface area contributed by atoms with Crippen molar-refractivity contribution < 1.29 is 9.47 Å². The molecule has 0 saturated heterocycles. The van der Waals surface area contributed by atoms with E-state index >= 15 is 0 Å². The van der Waals surface area contributed by atoms with E-state index in [0.717, 1.165) is 11.1 Å². The maximum Gasteiger partial charge on any atom is 0.161 e. The van der Waals surface area contributed by atoms with Crippen LogP contribution in [0.1, 0.15) is 0 Å². The molecule has 0 bridgehead atoms. The Morgan fingerprint density at radius 3 is 2.00 bits per heavy atom. The van der Waals surface area contributed by atoms with Gasteiger partial charge >= 0.3 is 0 Å². The van der Waals surface area contributed by atoms with E-state index in [0.29, 0.717) is 21.8 Å². The Kier molecular flexibility index (Phi) is 3.94. The molecule has 0 aliphatic heterocycles. The van der Waals surface area contributed by atoms with Crippen LogP contribution in [0.25, 0.3) is 11.1 Å². The summed E-state index contributed by atoms with van der Waals surface area (Å²) < 4.78 is 10.4. The number of benzene rings is 1. The molecule has 0 N–H and O–H groups in total. The topological polar surface area (TPSA) is 31.4 Å². The van der Waals surface area contributed by atoms with Crippen molar-refractivity contribution in [2.24, 2.45) is 0 Å². The van der Waals surface area contributed by atoms with Gasteiger partial charge in [-0.15, -0.1) is 0 Å². The monoisotopic (exact) mass is 283 g/mol. The average Bonchev–Trinajstić information content (AvgIpc) is 2.36. The van der Waals surface area contributed by atoms with Gasteiger partial charge in [0.15, 0.2) is 11.5 Å². The van der Waals surface area contributed by atoms with Crippen molar-refractivity contribution >= 4 is 23.2 Å². The van der Waals surface area contributed by atoms with Gasteiger partial charge in [0.2, 0.25) is 0 Å². The summed E-state index contributed by atoms with van der Waals surface area (Å²) in [6, 6.07) is 9.09. The van der Waals surface area contributed by atoms with E-state index in [1.54, 1.807) is 26.4 Å². The highest BCUT2D eigenvalue weighted by Gasteiger charge is 2.07. The predicted molar refractivity (Wildman–Crippen MR) is 72.8 cm³/mol. The highest BCUT2D eigenvalue weighted by atomic mass is 35.5. The zero-order valence-electron chi connectivity index (χ0n) is 9.91. The van der Waals surface area contributed by atoms with Gasteiger partial charge in [-0.25, -0.2) is 4.98 Å². The summed E-state index contributed by atoms with van der Waals surface area (Å²) in [6.07, 6.45) is 0. The second-order valence-corrected chi connectivity index (χ2v) is 4.35. The second kappa shape index (κ2) is 5.46. The number of nitrogens with zero attached hydrogens (tertiary/aromatic N) is 1. The van der Waals surface area contributed by atoms with E-state index in [1.807, 2.05) is 18.2 Å². The molecule has 0 amide bonds. The Labute approximate surface area is 115 Å². The van der Waals surface area contributed by atoms with Crippen LogP contribution in [-0.4, -0.2) is 19.2 Å². The molecule has 0 unspecified atom stereocenters. The predicted octanol–water partition coefficient (Wildman–Crippen LogP) is 4.07. The molecule has 1 heterocycles. The molecule has 1 aromatic carbocycles. The number of hydrogen-bond donors (Lipinski definition) is 0. The average molecular weight is 284 g/mol. The summed E-state index contributed by atoms with van der Waals surface area (Å²) in [6.45, 7) is 0. The van der Waals surface area contributed by atoms with Crippen molar-refractivity contribution in [3.63, 3.8) is 0 Å². The normalized spacial score (nSPS) is 10.2. The van der Waals surface area contributed by atoms with Gasteiger partial charge in [0, 0.05) is 0 Å². The second-order valence-electron chi connectivity index (χ2n) is 3.57. The van der Waals surface area contributed by atoms with Crippen molar-refractivity contribution in [3.05, 3.63) is 40.6 Å². The summed E-state index contributed by atoms with van der Waals surface area (Å²) in [5, 5.41) is 0.708. The molecule has 2 rings (SSSR count). The van der Waals surface area contributed by atoms with Gasteiger partial charge in [-0.1, -0.05) is 29.3 Å². The van der Waals surface area contributed by atoms with Crippen LogP contribution in [0.5, 0.6) is 11.5 Å². The van der Waals surface area contributed by atoms with Crippen LogP contribution in [0.2, 0.25) is 10.3 Å². The first kappa shape index (κ1) is 13.0. The van der Waals surface area contributed by atoms with Crippen LogP contribution >= 0.6 is 23.2 Å². The number of ether oxygens (including phenoxy) is 2. The lowest BCUT2D eigenvalue weighted by atomic mass is 10.1. The number of pyridine rings is 1. The van der Waals surface area contributed by atoms with E-state index in [1.165, 1.54) is 0 Å². The molecule has 0 aliphatic carbocycles. The number of methoxy groups -OCH3 is 2. The Morgan fingerprint density at radius 2 is 1.44 bits per heavy atom. The molecule has 1 aromatic heterocycles. The van der Waals surface area contributed by atoms with Crippen LogP contribution in [0.4, 0.5) is 0 Å². The minimum atomic E-state index is 0.354. The molecule has 0 fully saturated rings. The summed E-state index contributed by atoms with van der Waals surface area (Å²) in [7, 11) is 3.19. The lowest BCUT2D eigenvalue weighted by Crippen LogP contribution is -1.91. The largest absolute Gasteiger partial charge is 0.493 e. The van der Waals surface area contributed by atoms with Crippen LogP contribution in [0.3, 0.4) is 0 Å². The number of halogens is 2. The summed E-state index contributed by atoms with van der Waals surface area (Å²) >= 11 is 11.8. The van der Waals surface area contributed by atoms with Gasteiger partial charge in [-0.05, 0) is 35.4 Å². The fourth-order valence-electron chi connectivity index (χ4n) is 1.65. The van der Waals surface area contributed by atoms with Crippen LogP contribution in [0, 0.1) is 0 Å². The molecule has 0 saturated carbocycles. The van der Waals surface area contributed by atoms with Gasteiger partial charge in [-0.3, -0.25) is 0 Å². The van der Waals surface area contributed by atoms with Crippen LogP contribution in [0.15, 0.2) is 30.3 Å². The molecule has 94 valence electrons. The highest BCUT2D eigenvalue weighted by Crippen LogP contribution is 2.33. The van der Waals surface area contributed by atoms with Crippen LogP contribution < -0.4 is 9.47 Å². The zero-order chi connectivity index (χ0) is 13.1. The quantitative estimate of drug-likeness (QED) is 0.796. The highest BCUT2D eigenvalue weighted by molar-refractivity contribution is 6.32. The molecule has 0 atom stereocenters. The first-order valence-corrected chi connectivity index (χ1v) is 5.95. The maximum atomic E-state index is 5.88. The molecule has 3 nitrogen and oxygen atoms in total. The fourth-order valence-corrected chi connectivity index (χ4v) is 2.11. The Balaban J connectivity index is 2.50. The van der Waals surface area contributed by atoms with E-state index in [-0.39, 0.29) is 0 Å². The van der Waals surface area contributed by atoms with Gasteiger partial charge < -0.3 is 9.47 Å². The Morgan fingerprint density at radius 1 is 0.833 bits per heavy atom. The van der Waals surface area contributed by atoms with Crippen LogP contribution in [-0.2, 0) is 0 Å². The number of hydrogen-bond acceptors (Lipinski definition) is 3. The standard InChI is InChI=1S/C13H11Cl2NO2/c1-17-10-4-3-8(5-11(10)18-2)9-6-12(14)16-13(15)7-9/h3-7H,1-2H3. The minimum absolute atomic E-state index is 0.354. The maximum absolute atomic E-state index is 5.88. The van der Waals surface area contributed by atoms with Crippen molar-refractivity contribution in [2.45, 2.75) is 0 Å². The number of aromatic nitrogens is 1. The third-order valence-corrected chi connectivity index (χ3v) is 2.87. The van der Waals surface area contributed by atoms with Gasteiger partial charge in [0.05, 0.1) is 14.2 Å². The lowest BCUT2D eigenvalue weighted by molar-refractivity contribution is 0.355. The van der Waals surface area contributed by atoms with E-state index in [2.05, 4.69) is 4.98 Å². The third-order valence-electron chi connectivity index (χ3n) is 2.48. The molecule has 5 heteroatoms. The summed E-state index contributed by atoms with van der Waals surface area (Å²) in [5.74, 6) is 1.33. The van der Waals surface area contributed by atoms with E-state index < -0.39 is 0 Å². The molecule has 2 aromatic rings. The van der Waals surface area contributed by atoms with Gasteiger partial charge in [0.25, 0.3) is 0 Å². The SMILES string of the molecule is COc1ccc(-c2cc(Cl)nc(Cl)c2)cc1OC. The van der Waals surface area contributed by atoms with Gasteiger partial charge in [-0.2, -0.15) is 0 Å². The minimum Gasteiger partial charge on any atom is -0.493 e. The smallest absolute Gasteiger partial charge is 0.161 e. The van der Waals surface area contributed by atoms with Gasteiger partial charge in [0.1, 0.15) is 10.3 Å². The van der Waals surface area contributed by atoms with E-state index in [9.17, 15) is 0 Å². The molecule has 0 aliphatic rings. The molecular formula is C13H11Cl2NO2. The molecule has 0 spiro atoms. The molecule has 0 radical (unpaired) electrons. The summed E-state index contributed by atoms with van der Waals surface area (Å²) in [5.41, 5.74) is 1.81. The molecular weight excluding hydrogens is 273 g/mol. The van der Waals surface area contributed by atoms with E-state index in [4.69, 9.17) is 32.7 Å². The lowest BCUT2D eigenvalue weighted by Gasteiger charge is -2.10. The first-order valence-electron chi connectivity index (χ1n) is 5.19. The van der Waals surface area contributed by atoms with Crippen molar-refractivity contribution in [1.82, 2.24) is 4.98 Å². The summed E-state index contributed by atoms with van der Waals surface area (Å²) in [4.78, 5) is 3.91. The van der Waals surface area contributed by atoms with Crippen molar-refractivity contribution in [1.29, 1.82) is 0 Å². The zero-order valence-corrected chi connectivity index (χ0v) is 11.4. The Hall–Kier alpha value is -1.45. The molecule has 18 heavy (non-hydrogen) atoms. The Bertz CT molecular complexity index is 553.